The van der Waals surface area contributed by atoms with Crippen LogP contribution in [0.25, 0.3) is 10.4 Å². The molecule has 0 N–H and O–H groups in total. The van der Waals surface area contributed by atoms with Gasteiger partial charge in [-0.3, -0.25) is 4.79 Å². The highest BCUT2D eigenvalue weighted by atomic mass is 16.6. The highest BCUT2D eigenvalue weighted by Gasteiger charge is 2.51. The summed E-state index contributed by atoms with van der Waals surface area (Å²) in [5.41, 5.74) is 7.99. The molecule has 1 saturated heterocycles. The minimum atomic E-state index is -0.776. The van der Waals surface area contributed by atoms with E-state index in [0.717, 1.165) is 24.2 Å². The van der Waals surface area contributed by atoms with Crippen LogP contribution in [0.3, 0.4) is 0 Å². The molecule has 2 atom stereocenters. The summed E-state index contributed by atoms with van der Waals surface area (Å²) in [6.45, 7) is 7.50. The predicted molar refractivity (Wildman–Crippen MR) is 102 cm³/mol. The lowest BCUT2D eigenvalue weighted by Crippen LogP contribution is -2.66. The van der Waals surface area contributed by atoms with Crippen molar-refractivity contribution in [3.05, 3.63) is 10.4 Å². The fraction of sp³-hybridized carbons (Fsp3) is 0.895. The van der Waals surface area contributed by atoms with Gasteiger partial charge in [0.05, 0.1) is 6.04 Å². The molecule has 0 bridgehead atoms. The van der Waals surface area contributed by atoms with Crippen LogP contribution in [0, 0.1) is 0 Å². The Hall–Kier alpha value is -1.75. The van der Waals surface area contributed by atoms with Gasteiger partial charge >= 0.3 is 6.09 Å². The topological polar surface area (TPSA) is 95.4 Å². The number of azide groups is 1. The number of likely N-dealkylation sites (tertiary alicyclic amines) is 1. The van der Waals surface area contributed by atoms with E-state index in [4.69, 9.17) is 10.3 Å². The van der Waals surface area contributed by atoms with Gasteiger partial charge in [0.2, 0.25) is 5.91 Å². The van der Waals surface area contributed by atoms with Crippen LogP contribution in [0.15, 0.2) is 5.11 Å². The van der Waals surface area contributed by atoms with E-state index in [1.807, 2.05) is 0 Å². The number of hydrogen-bond donors (Lipinski definition) is 0. The van der Waals surface area contributed by atoms with Crippen molar-refractivity contribution < 1.29 is 14.3 Å². The molecule has 148 valence electrons. The fourth-order valence-corrected chi connectivity index (χ4v) is 3.20. The first kappa shape index (κ1) is 22.3. The lowest BCUT2D eigenvalue weighted by molar-refractivity contribution is -0.147. The molecule has 1 aliphatic heterocycles. The zero-order valence-electron chi connectivity index (χ0n) is 16.7. The summed E-state index contributed by atoms with van der Waals surface area (Å²) in [5, 5.41) is 3.56. The normalized spacial score (nSPS) is 19.7. The summed E-state index contributed by atoms with van der Waals surface area (Å²) < 4.78 is 5.29. The molecule has 1 fully saturated rings. The highest BCUT2D eigenvalue weighted by Crippen LogP contribution is 2.30. The van der Waals surface area contributed by atoms with Gasteiger partial charge in [-0.2, -0.15) is 0 Å². The second-order valence-electron chi connectivity index (χ2n) is 8.02. The van der Waals surface area contributed by atoms with Crippen LogP contribution in [-0.2, 0) is 9.53 Å². The van der Waals surface area contributed by atoms with Crippen molar-refractivity contribution >= 4 is 12.0 Å². The second-order valence-corrected chi connectivity index (χ2v) is 8.02. The van der Waals surface area contributed by atoms with Gasteiger partial charge in [0.1, 0.15) is 11.6 Å². The molecule has 0 unspecified atom stereocenters. The Morgan fingerprint density at radius 3 is 2.15 bits per heavy atom. The van der Waals surface area contributed by atoms with E-state index in [2.05, 4.69) is 16.9 Å². The largest absolute Gasteiger partial charge is 0.443 e. The van der Waals surface area contributed by atoms with Crippen LogP contribution < -0.4 is 0 Å². The molecule has 1 heterocycles. The van der Waals surface area contributed by atoms with E-state index in [9.17, 15) is 9.59 Å². The smallest absolute Gasteiger partial charge is 0.417 e. The monoisotopic (exact) mass is 366 g/mol. The number of ether oxygens (including phenoxy) is 1. The molecule has 2 amide bonds. The van der Waals surface area contributed by atoms with Gasteiger partial charge in [0.15, 0.2) is 0 Å². The Bertz CT molecular complexity index is 509. The van der Waals surface area contributed by atoms with Crippen LogP contribution in [0.5, 0.6) is 0 Å². The summed E-state index contributed by atoms with van der Waals surface area (Å²) in [6.07, 6.45) is 10.8. The van der Waals surface area contributed by atoms with E-state index < -0.39 is 23.6 Å². The first-order valence-electron chi connectivity index (χ1n) is 9.92. The summed E-state index contributed by atoms with van der Waals surface area (Å²) >= 11 is 0. The van der Waals surface area contributed by atoms with Gasteiger partial charge in [-0.1, -0.05) is 69.8 Å². The molecule has 0 aromatic carbocycles. The van der Waals surface area contributed by atoms with Gasteiger partial charge in [0, 0.05) is 4.91 Å². The van der Waals surface area contributed by atoms with Crippen molar-refractivity contribution in [1.29, 1.82) is 0 Å². The molecule has 0 aromatic rings. The zero-order chi connectivity index (χ0) is 19.6. The van der Waals surface area contributed by atoms with Gasteiger partial charge < -0.3 is 4.74 Å². The molecule has 7 nitrogen and oxygen atoms in total. The number of β-lactam (4-membered cyclic amide) rings is 1. The molecular formula is C19H34N4O3. The fourth-order valence-electron chi connectivity index (χ4n) is 3.20. The molecule has 1 aliphatic rings. The average molecular weight is 367 g/mol. The van der Waals surface area contributed by atoms with Crippen LogP contribution in [-0.4, -0.2) is 34.6 Å². The predicted octanol–water partition coefficient (Wildman–Crippen LogP) is 5.73. The van der Waals surface area contributed by atoms with E-state index in [1.165, 1.54) is 38.5 Å². The summed E-state index contributed by atoms with van der Waals surface area (Å²) in [4.78, 5) is 28.2. The van der Waals surface area contributed by atoms with E-state index >= 15 is 0 Å². The van der Waals surface area contributed by atoms with Crippen molar-refractivity contribution in [1.82, 2.24) is 4.90 Å². The van der Waals surface area contributed by atoms with Crippen molar-refractivity contribution in [2.75, 3.05) is 0 Å². The first-order valence-corrected chi connectivity index (χ1v) is 9.92. The first-order chi connectivity index (χ1) is 12.3. The van der Waals surface area contributed by atoms with Crippen LogP contribution in [0.1, 0.15) is 91.9 Å². The van der Waals surface area contributed by atoms with Gasteiger partial charge in [-0.15, -0.1) is 0 Å². The Kier molecular flexibility index (Phi) is 9.49. The molecule has 0 radical (unpaired) electrons. The zero-order valence-corrected chi connectivity index (χ0v) is 16.7. The van der Waals surface area contributed by atoms with Crippen LogP contribution in [0.4, 0.5) is 4.79 Å². The number of nitrogens with zero attached hydrogens (tertiary/aromatic N) is 4. The molecule has 7 heteroatoms. The Morgan fingerprint density at radius 1 is 1.12 bits per heavy atom. The molecule has 0 spiro atoms. The third-order valence-electron chi connectivity index (χ3n) is 4.56. The highest BCUT2D eigenvalue weighted by molar-refractivity contribution is 6.01. The third-order valence-corrected chi connectivity index (χ3v) is 4.56. The molecule has 0 aromatic heterocycles. The lowest BCUT2D eigenvalue weighted by Gasteiger charge is -2.43. The number of carbonyl (C=O) groups excluding carboxylic acids is 2. The average Bonchev–Trinajstić information content (AvgIpc) is 2.55. The molecule has 0 saturated carbocycles. The van der Waals surface area contributed by atoms with Gasteiger partial charge in [-0.25, -0.2) is 9.69 Å². The summed E-state index contributed by atoms with van der Waals surface area (Å²) in [6, 6.07) is -1.15. The lowest BCUT2D eigenvalue weighted by atomic mass is 9.91. The summed E-state index contributed by atoms with van der Waals surface area (Å²) in [5.74, 6) is -0.460. The molecule has 1 rings (SSSR count). The summed E-state index contributed by atoms with van der Waals surface area (Å²) in [7, 11) is 0. The Labute approximate surface area is 157 Å². The van der Waals surface area contributed by atoms with Crippen molar-refractivity contribution in [3.8, 4) is 0 Å². The maximum Gasteiger partial charge on any atom is 0.417 e. The SMILES string of the molecule is CCCCCCCCCCC[C@H]1[C@H](N=[N+]=[N-])C(=O)N1C(=O)OC(C)(C)C. The number of hydrogen-bond acceptors (Lipinski definition) is 4. The van der Waals surface area contributed by atoms with Crippen LogP contribution >= 0.6 is 0 Å². The van der Waals surface area contributed by atoms with Crippen molar-refractivity contribution in [2.45, 2.75) is 110 Å². The number of imide groups is 1. The quantitative estimate of drug-likeness (QED) is 0.153. The Balaban J connectivity index is 2.38. The Morgan fingerprint density at radius 2 is 1.65 bits per heavy atom. The maximum atomic E-state index is 12.2. The van der Waals surface area contributed by atoms with E-state index in [-0.39, 0.29) is 6.04 Å². The van der Waals surface area contributed by atoms with Gasteiger partial charge in [0.25, 0.3) is 0 Å². The minimum Gasteiger partial charge on any atom is -0.443 e. The molecule has 26 heavy (non-hydrogen) atoms. The van der Waals surface area contributed by atoms with E-state index in [1.54, 1.807) is 20.8 Å². The number of unbranched alkanes of at least 4 members (excludes halogenated alkanes) is 8. The number of carbonyl (C=O) groups is 2. The minimum absolute atomic E-state index is 0.377. The van der Waals surface area contributed by atoms with Crippen molar-refractivity contribution in [2.24, 2.45) is 5.11 Å². The number of rotatable bonds is 11. The van der Waals surface area contributed by atoms with E-state index in [0.29, 0.717) is 6.42 Å². The second kappa shape index (κ2) is 11.1. The maximum absolute atomic E-state index is 12.2. The third kappa shape index (κ3) is 7.24. The van der Waals surface area contributed by atoms with Crippen molar-refractivity contribution in [3.63, 3.8) is 0 Å². The number of amides is 2. The van der Waals surface area contributed by atoms with Gasteiger partial charge in [-0.05, 0) is 32.7 Å². The standard InChI is InChI=1S/C19H34N4O3/c1-5-6-7-8-9-10-11-12-13-14-15-16(21-22-20)17(24)23(15)18(25)26-19(2,3)4/h15-16H,5-14H2,1-4H3/t15-,16-/m0/s1. The molecule has 0 aliphatic carbocycles. The molecular weight excluding hydrogens is 332 g/mol. The van der Waals surface area contributed by atoms with Crippen LogP contribution in [0.2, 0.25) is 0 Å².